The highest BCUT2D eigenvalue weighted by molar-refractivity contribution is 9.10. The monoisotopic (exact) mass is 292 g/mol. The fraction of sp³-hybridized carbons (Fsp3) is 0.308. The molecule has 0 saturated carbocycles. The fourth-order valence-electron chi connectivity index (χ4n) is 2.02. The van der Waals surface area contributed by atoms with E-state index in [0.29, 0.717) is 6.61 Å². The molecule has 0 N–H and O–H groups in total. The Morgan fingerprint density at radius 2 is 2.06 bits per heavy atom. The van der Waals surface area contributed by atoms with Crippen molar-refractivity contribution in [2.24, 2.45) is 0 Å². The van der Waals surface area contributed by atoms with Crippen molar-refractivity contribution in [3.8, 4) is 5.69 Å². The predicted octanol–water partition coefficient (Wildman–Crippen LogP) is 3.02. The van der Waals surface area contributed by atoms with Gasteiger partial charge in [0.1, 0.15) is 4.60 Å². The molecule has 2 heterocycles. The van der Waals surface area contributed by atoms with E-state index in [-0.39, 0.29) is 0 Å². The van der Waals surface area contributed by atoms with Crippen molar-refractivity contribution in [1.29, 1.82) is 0 Å². The van der Waals surface area contributed by atoms with Crippen molar-refractivity contribution in [2.75, 3.05) is 6.61 Å². The zero-order valence-electron chi connectivity index (χ0n) is 9.61. The molecule has 0 bridgehead atoms. The number of ether oxygens (including phenoxy) is 1. The average molecular weight is 293 g/mol. The molecule has 3 nitrogen and oxygen atoms in total. The molecule has 0 saturated heterocycles. The van der Waals surface area contributed by atoms with E-state index in [4.69, 9.17) is 4.74 Å². The molecule has 88 valence electrons. The van der Waals surface area contributed by atoms with E-state index in [1.165, 1.54) is 11.1 Å². The normalized spacial score (nSPS) is 14.7. The van der Waals surface area contributed by atoms with Crippen LogP contribution in [0, 0.1) is 6.92 Å². The molecule has 1 aliphatic rings. The number of aryl methyl sites for hydroxylation is 1. The summed E-state index contributed by atoms with van der Waals surface area (Å²) in [5.41, 5.74) is 4.66. The van der Waals surface area contributed by atoms with Gasteiger partial charge in [-0.25, -0.2) is 4.68 Å². The Bertz CT molecular complexity index is 545. The van der Waals surface area contributed by atoms with Crippen LogP contribution in [0.5, 0.6) is 0 Å². The summed E-state index contributed by atoms with van der Waals surface area (Å²) < 4.78 is 8.42. The van der Waals surface area contributed by atoms with Crippen LogP contribution < -0.4 is 0 Å². The fourth-order valence-corrected chi connectivity index (χ4v) is 2.64. The number of halogens is 1. The van der Waals surface area contributed by atoms with E-state index >= 15 is 0 Å². The lowest BCUT2D eigenvalue weighted by atomic mass is 10.2. The van der Waals surface area contributed by atoms with Crippen LogP contribution >= 0.6 is 15.9 Å². The van der Waals surface area contributed by atoms with Gasteiger partial charge in [0.25, 0.3) is 0 Å². The minimum absolute atomic E-state index is 0.655. The number of benzene rings is 1. The van der Waals surface area contributed by atoms with Gasteiger partial charge in [-0.1, -0.05) is 17.7 Å². The second-order valence-corrected chi connectivity index (χ2v) is 5.02. The summed E-state index contributed by atoms with van der Waals surface area (Å²) in [6.07, 6.45) is 0.896. The maximum absolute atomic E-state index is 5.46. The molecule has 2 aromatic rings. The third kappa shape index (κ3) is 1.91. The van der Waals surface area contributed by atoms with Gasteiger partial charge in [0.15, 0.2) is 0 Å². The number of nitrogens with zero attached hydrogens (tertiary/aromatic N) is 2. The van der Waals surface area contributed by atoms with Crippen LogP contribution in [-0.4, -0.2) is 16.4 Å². The Morgan fingerprint density at radius 3 is 2.76 bits per heavy atom. The van der Waals surface area contributed by atoms with Crippen LogP contribution in [0.3, 0.4) is 0 Å². The molecule has 1 aromatic heterocycles. The van der Waals surface area contributed by atoms with Crippen molar-refractivity contribution < 1.29 is 4.74 Å². The lowest BCUT2D eigenvalue weighted by molar-refractivity contribution is 0.110. The van der Waals surface area contributed by atoms with E-state index < -0.39 is 0 Å². The van der Waals surface area contributed by atoms with Crippen LogP contribution in [0.4, 0.5) is 0 Å². The zero-order chi connectivity index (χ0) is 11.8. The summed E-state index contributed by atoms with van der Waals surface area (Å²) in [6.45, 7) is 3.51. The molecular weight excluding hydrogens is 280 g/mol. The van der Waals surface area contributed by atoms with Gasteiger partial charge in [-0.05, 0) is 35.0 Å². The van der Waals surface area contributed by atoms with Crippen molar-refractivity contribution in [1.82, 2.24) is 9.78 Å². The molecule has 3 rings (SSSR count). The van der Waals surface area contributed by atoms with Gasteiger partial charge in [-0.3, -0.25) is 0 Å². The second kappa shape index (κ2) is 4.27. The summed E-state index contributed by atoms with van der Waals surface area (Å²) in [6, 6.07) is 8.36. The molecule has 1 aliphatic heterocycles. The van der Waals surface area contributed by atoms with E-state index in [2.05, 4.69) is 52.2 Å². The highest BCUT2D eigenvalue weighted by Gasteiger charge is 2.19. The summed E-state index contributed by atoms with van der Waals surface area (Å²) in [4.78, 5) is 0. The van der Waals surface area contributed by atoms with Gasteiger partial charge >= 0.3 is 0 Å². The molecule has 0 radical (unpaired) electrons. The van der Waals surface area contributed by atoms with Crippen LogP contribution in [0.1, 0.15) is 16.8 Å². The average Bonchev–Trinajstić information content (AvgIpc) is 2.69. The highest BCUT2D eigenvalue weighted by Crippen LogP contribution is 2.27. The van der Waals surface area contributed by atoms with E-state index in [0.717, 1.165) is 29.0 Å². The largest absolute Gasteiger partial charge is 0.376 e. The van der Waals surface area contributed by atoms with Crippen LogP contribution in [0.2, 0.25) is 0 Å². The molecule has 0 aliphatic carbocycles. The number of aromatic nitrogens is 2. The third-order valence-corrected chi connectivity index (χ3v) is 3.83. The van der Waals surface area contributed by atoms with Crippen molar-refractivity contribution in [2.45, 2.75) is 20.0 Å². The Morgan fingerprint density at radius 1 is 1.29 bits per heavy atom. The van der Waals surface area contributed by atoms with E-state index in [1.807, 2.05) is 4.68 Å². The van der Waals surface area contributed by atoms with Gasteiger partial charge in [-0.2, -0.15) is 5.10 Å². The van der Waals surface area contributed by atoms with E-state index in [9.17, 15) is 0 Å². The number of rotatable bonds is 1. The SMILES string of the molecule is Cc1ccc(-n2nc3c(c2Br)COCC3)cc1. The van der Waals surface area contributed by atoms with Gasteiger partial charge in [0.05, 0.1) is 24.6 Å². The van der Waals surface area contributed by atoms with Crippen molar-refractivity contribution in [3.63, 3.8) is 0 Å². The molecule has 0 amide bonds. The summed E-state index contributed by atoms with van der Waals surface area (Å²) in [5, 5.41) is 4.64. The number of hydrogen-bond donors (Lipinski definition) is 0. The molecule has 0 spiro atoms. The molecule has 0 fully saturated rings. The zero-order valence-corrected chi connectivity index (χ0v) is 11.2. The van der Waals surface area contributed by atoms with Gasteiger partial charge in [0.2, 0.25) is 0 Å². The summed E-state index contributed by atoms with van der Waals surface area (Å²) in [5.74, 6) is 0. The molecule has 0 unspecified atom stereocenters. The standard InChI is InChI=1S/C13H13BrN2O/c1-9-2-4-10(5-3-9)16-13(14)11-8-17-7-6-12(11)15-16/h2-5H,6-8H2,1H3. The minimum Gasteiger partial charge on any atom is -0.376 e. The first-order valence-electron chi connectivity index (χ1n) is 5.67. The smallest absolute Gasteiger partial charge is 0.115 e. The highest BCUT2D eigenvalue weighted by atomic mass is 79.9. The Hall–Kier alpha value is -1.13. The van der Waals surface area contributed by atoms with Crippen LogP contribution in [0.25, 0.3) is 5.69 Å². The second-order valence-electron chi connectivity index (χ2n) is 4.27. The van der Waals surface area contributed by atoms with Gasteiger partial charge < -0.3 is 4.74 Å². The molecule has 1 aromatic carbocycles. The first kappa shape index (κ1) is 11.0. The van der Waals surface area contributed by atoms with Crippen molar-refractivity contribution >= 4 is 15.9 Å². The Kier molecular flexibility index (Phi) is 2.76. The molecule has 4 heteroatoms. The van der Waals surface area contributed by atoms with Gasteiger partial charge in [-0.15, -0.1) is 0 Å². The predicted molar refractivity (Wildman–Crippen MR) is 69.4 cm³/mol. The Labute approximate surface area is 109 Å². The number of hydrogen-bond acceptors (Lipinski definition) is 2. The quantitative estimate of drug-likeness (QED) is 0.808. The lowest BCUT2D eigenvalue weighted by Gasteiger charge is -2.09. The first-order chi connectivity index (χ1) is 8.25. The Balaban J connectivity index is 2.09. The molecule has 17 heavy (non-hydrogen) atoms. The van der Waals surface area contributed by atoms with E-state index in [1.54, 1.807) is 0 Å². The lowest BCUT2D eigenvalue weighted by Crippen LogP contribution is -2.08. The maximum Gasteiger partial charge on any atom is 0.115 e. The topological polar surface area (TPSA) is 27.1 Å². The maximum atomic E-state index is 5.46. The van der Waals surface area contributed by atoms with Crippen molar-refractivity contribution in [3.05, 3.63) is 45.7 Å². The number of fused-ring (bicyclic) bond motifs is 1. The van der Waals surface area contributed by atoms with Crippen LogP contribution in [0.15, 0.2) is 28.9 Å². The summed E-state index contributed by atoms with van der Waals surface area (Å²) >= 11 is 3.61. The van der Waals surface area contributed by atoms with Crippen LogP contribution in [-0.2, 0) is 17.8 Å². The first-order valence-corrected chi connectivity index (χ1v) is 6.46. The molecular formula is C13H13BrN2O. The third-order valence-electron chi connectivity index (χ3n) is 3.01. The van der Waals surface area contributed by atoms with Gasteiger partial charge in [0, 0.05) is 12.0 Å². The molecule has 0 atom stereocenters. The summed E-state index contributed by atoms with van der Waals surface area (Å²) in [7, 11) is 0. The minimum atomic E-state index is 0.655.